The van der Waals surface area contributed by atoms with Crippen molar-refractivity contribution in [2.24, 2.45) is 13.0 Å². The van der Waals surface area contributed by atoms with Gasteiger partial charge in [0.1, 0.15) is 22.9 Å². The standard InChI is InChI=1S/C28H34N6O2.C2HF3O2/c1-18(2)23(14-25-29-12-13-33(25)3)30-27-22-10-7-11-24(36-4)26(22)31-28(32-27)34-15-19-8-5-6-9-21(19)20(16-34)17-35;3-2(4,5)1(6)7/h5-13,18,20,23,35H,14-17H2,1-4H3,(H,30,31,32);(H,6,7). The van der Waals surface area contributed by atoms with Crippen LogP contribution in [0, 0.1) is 5.92 Å². The number of nitrogens with zero attached hydrogens (tertiary/aromatic N) is 5. The van der Waals surface area contributed by atoms with Gasteiger partial charge in [0.05, 0.1) is 13.7 Å². The quantitative estimate of drug-likeness (QED) is 0.262. The number of anilines is 2. The predicted octanol–water partition coefficient (Wildman–Crippen LogP) is 4.78. The van der Waals surface area contributed by atoms with Crippen LogP contribution in [0.3, 0.4) is 0 Å². The molecular weight excluding hydrogens is 565 g/mol. The Bertz CT molecular complexity index is 1560. The molecule has 2 aromatic heterocycles. The number of ether oxygens (including phenoxy) is 1. The minimum absolute atomic E-state index is 0.00940. The summed E-state index contributed by atoms with van der Waals surface area (Å²) in [5.41, 5.74) is 3.16. The first-order valence-electron chi connectivity index (χ1n) is 13.7. The molecule has 3 heterocycles. The number of nitrogens with one attached hydrogen (secondary N) is 1. The summed E-state index contributed by atoms with van der Waals surface area (Å²) in [6, 6.07) is 14.3. The average molecular weight is 601 g/mol. The number of alkyl halides is 3. The van der Waals surface area contributed by atoms with Gasteiger partial charge in [0.25, 0.3) is 0 Å². The van der Waals surface area contributed by atoms with E-state index in [4.69, 9.17) is 24.6 Å². The minimum Gasteiger partial charge on any atom is -0.494 e. The molecule has 0 fully saturated rings. The van der Waals surface area contributed by atoms with Gasteiger partial charge in [-0.3, -0.25) is 0 Å². The van der Waals surface area contributed by atoms with E-state index in [9.17, 15) is 18.3 Å². The topological polar surface area (TPSA) is 126 Å². The number of aliphatic carboxylic acids is 1. The zero-order chi connectivity index (χ0) is 31.3. The van der Waals surface area contributed by atoms with Gasteiger partial charge in [0.2, 0.25) is 5.95 Å². The molecule has 10 nitrogen and oxygen atoms in total. The van der Waals surface area contributed by atoms with Gasteiger partial charge in [0, 0.05) is 56.3 Å². The van der Waals surface area contributed by atoms with E-state index in [1.165, 1.54) is 11.1 Å². The Hall–Kier alpha value is -4.39. The highest BCUT2D eigenvalue weighted by molar-refractivity contribution is 5.94. The number of carboxylic acids is 1. The number of carbonyl (C=O) groups is 1. The van der Waals surface area contributed by atoms with Crippen molar-refractivity contribution in [1.29, 1.82) is 0 Å². The van der Waals surface area contributed by atoms with Crippen molar-refractivity contribution in [3.05, 3.63) is 71.8 Å². The third kappa shape index (κ3) is 7.34. The van der Waals surface area contributed by atoms with Crippen molar-refractivity contribution >= 4 is 28.6 Å². The van der Waals surface area contributed by atoms with Crippen molar-refractivity contribution in [2.45, 2.75) is 44.9 Å². The molecule has 2 atom stereocenters. The van der Waals surface area contributed by atoms with Crippen LogP contribution in [0.5, 0.6) is 5.75 Å². The number of hydrogen-bond acceptors (Lipinski definition) is 8. The Morgan fingerprint density at radius 1 is 1.16 bits per heavy atom. The molecule has 3 N–H and O–H groups in total. The van der Waals surface area contributed by atoms with Gasteiger partial charge in [0.15, 0.2) is 0 Å². The second kappa shape index (κ2) is 13.3. The molecule has 230 valence electrons. The maximum absolute atomic E-state index is 10.6. The second-order valence-corrected chi connectivity index (χ2v) is 10.6. The van der Waals surface area contributed by atoms with Crippen LogP contribution in [0.4, 0.5) is 24.9 Å². The lowest BCUT2D eigenvalue weighted by atomic mass is 9.90. The van der Waals surface area contributed by atoms with E-state index < -0.39 is 12.1 Å². The number of imidazole rings is 1. The lowest BCUT2D eigenvalue weighted by molar-refractivity contribution is -0.192. The largest absolute Gasteiger partial charge is 0.494 e. The van der Waals surface area contributed by atoms with E-state index in [0.717, 1.165) is 29.0 Å². The summed E-state index contributed by atoms with van der Waals surface area (Å²) in [5, 5.41) is 21.9. The fourth-order valence-corrected chi connectivity index (χ4v) is 4.97. The number of carboxylic acid groups (broad SMARTS) is 1. The number of methoxy groups -OCH3 is 1. The molecule has 1 aliphatic rings. The zero-order valence-corrected chi connectivity index (χ0v) is 24.3. The highest BCUT2D eigenvalue weighted by Crippen LogP contribution is 2.35. The van der Waals surface area contributed by atoms with Crippen LogP contribution in [-0.2, 0) is 24.8 Å². The van der Waals surface area contributed by atoms with Gasteiger partial charge in [-0.15, -0.1) is 0 Å². The lowest BCUT2D eigenvalue weighted by Gasteiger charge is -2.34. The molecular formula is C30H35F3N6O4. The number of aryl methyl sites for hydroxylation is 1. The summed E-state index contributed by atoms with van der Waals surface area (Å²) in [5.74, 6) is 0.739. The van der Waals surface area contributed by atoms with Gasteiger partial charge in [-0.05, 0) is 29.2 Å². The smallest absolute Gasteiger partial charge is 0.490 e. The van der Waals surface area contributed by atoms with E-state index in [1.54, 1.807) is 7.11 Å². The molecule has 0 aliphatic carbocycles. The van der Waals surface area contributed by atoms with Gasteiger partial charge < -0.3 is 29.7 Å². The number of benzene rings is 2. The summed E-state index contributed by atoms with van der Waals surface area (Å²) in [6.07, 6.45) is -0.501. The molecule has 0 spiro atoms. The Morgan fingerprint density at radius 2 is 1.88 bits per heavy atom. The number of rotatable bonds is 8. The number of aliphatic hydroxyl groups is 1. The van der Waals surface area contributed by atoms with Gasteiger partial charge in [-0.2, -0.15) is 18.2 Å². The first-order chi connectivity index (χ1) is 20.4. The molecule has 0 saturated heterocycles. The third-order valence-corrected chi connectivity index (χ3v) is 7.39. The molecule has 13 heteroatoms. The summed E-state index contributed by atoms with van der Waals surface area (Å²) < 4.78 is 39.5. The van der Waals surface area contributed by atoms with Crippen LogP contribution in [0.15, 0.2) is 54.9 Å². The number of fused-ring (bicyclic) bond motifs is 2. The van der Waals surface area contributed by atoms with Crippen molar-refractivity contribution < 1.29 is 32.9 Å². The summed E-state index contributed by atoms with van der Waals surface area (Å²) >= 11 is 0. The van der Waals surface area contributed by atoms with E-state index >= 15 is 0 Å². The summed E-state index contributed by atoms with van der Waals surface area (Å²) in [7, 11) is 3.69. The van der Waals surface area contributed by atoms with Crippen molar-refractivity contribution in [3.63, 3.8) is 0 Å². The molecule has 43 heavy (non-hydrogen) atoms. The lowest BCUT2D eigenvalue weighted by Crippen LogP contribution is -2.36. The SMILES string of the molecule is COc1cccc2c(NC(Cc3nccn3C)C(C)C)nc(N3Cc4ccccc4C(CO)C3)nc12.O=C(O)C(F)(F)F. The van der Waals surface area contributed by atoms with E-state index in [2.05, 4.69) is 45.7 Å². The first-order valence-corrected chi connectivity index (χ1v) is 13.7. The second-order valence-electron chi connectivity index (χ2n) is 10.6. The molecule has 5 rings (SSSR count). The van der Waals surface area contributed by atoms with Crippen molar-refractivity contribution in [1.82, 2.24) is 19.5 Å². The monoisotopic (exact) mass is 600 g/mol. The molecule has 0 saturated carbocycles. The van der Waals surface area contributed by atoms with Crippen molar-refractivity contribution in [3.8, 4) is 5.75 Å². The number of hydrogen-bond donors (Lipinski definition) is 3. The maximum atomic E-state index is 10.6. The van der Waals surface area contributed by atoms with Crippen LogP contribution in [-0.4, -0.2) is 68.2 Å². The highest BCUT2D eigenvalue weighted by Gasteiger charge is 2.38. The maximum Gasteiger partial charge on any atom is 0.490 e. The third-order valence-electron chi connectivity index (χ3n) is 7.39. The fraction of sp³-hybridized carbons (Fsp3) is 0.400. The molecule has 0 bridgehead atoms. The first kappa shape index (κ1) is 31.5. The van der Waals surface area contributed by atoms with Gasteiger partial charge in [-0.25, -0.2) is 14.8 Å². The number of para-hydroxylation sites is 1. The average Bonchev–Trinajstić information content (AvgIpc) is 3.39. The van der Waals surface area contributed by atoms with E-state index in [-0.39, 0.29) is 18.6 Å². The summed E-state index contributed by atoms with van der Waals surface area (Å²) in [4.78, 5) is 25.6. The highest BCUT2D eigenvalue weighted by atomic mass is 19.4. The van der Waals surface area contributed by atoms with E-state index in [0.29, 0.717) is 30.7 Å². The van der Waals surface area contributed by atoms with Crippen LogP contribution >= 0.6 is 0 Å². The minimum atomic E-state index is -5.08. The zero-order valence-electron chi connectivity index (χ0n) is 24.3. The molecule has 0 radical (unpaired) electrons. The van der Waals surface area contributed by atoms with Crippen LogP contribution in [0.1, 0.15) is 36.7 Å². The number of halogens is 3. The molecule has 2 aromatic carbocycles. The molecule has 1 aliphatic heterocycles. The number of aliphatic hydroxyl groups excluding tert-OH is 1. The van der Waals surface area contributed by atoms with E-state index in [1.807, 2.05) is 49.8 Å². The Balaban J connectivity index is 0.000000541. The number of aromatic nitrogens is 4. The Kier molecular flexibility index (Phi) is 9.74. The van der Waals surface area contributed by atoms with Gasteiger partial charge in [-0.1, -0.05) is 44.2 Å². The molecule has 2 unspecified atom stereocenters. The Labute approximate surface area is 247 Å². The van der Waals surface area contributed by atoms with Crippen LogP contribution in [0.2, 0.25) is 0 Å². The molecule has 4 aromatic rings. The predicted molar refractivity (Wildman–Crippen MR) is 156 cm³/mol. The van der Waals surface area contributed by atoms with Crippen LogP contribution in [0.25, 0.3) is 10.9 Å². The van der Waals surface area contributed by atoms with Gasteiger partial charge >= 0.3 is 12.1 Å². The Morgan fingerprint density at radius 3 is 2.49 bits per heavy atom. The fourth-order valence-electron chi connectivity index (χ4n) is 4.97. The summed E-state index contributed by atoms with van der Waals surface area (Å²) in [6.45, 7) is 5.83. The normalized spacial score (nSPS) is 15.5. The molecule has 0 amide bonds. The van der Waals surface area contributed by atoms with Crippen molar-refractivity contribution in [2.75, 3.05) is 30.5 Å². The van der Waals surface area contributed by atoms with Crippen LogP contribution < -0.4 is 15.0 Å².